The second kappa shape index (κ2) is 6.68. The molecule has 2 fully saturated rings. The van der Waals surface area contributed by atoms with Crippen molar-refractivity contribution < 1.29 is 14.3 Å². The van der Waals surface area contributed by atoms with Gasteiger partial charge < -0.3 is 20.1 Å². The number of hydrogen-bond acceptors (Lipinski definition) is 4. The Kier molecular flexibility index (Phi) is 5.19. The van der Waals surface area contributed by atoms with E-state index in [-0.39, 0.29) is 23.5 Å². The van der Waals surface area contributed by atoms with E-state index >= 15 is 0 Å². The highest BCUT2D eigenvalue weighted by Gasteiger charge is 2.40. The molecule has 0 bridgehead atoms. The van der Waals surface area contributed by atoms with Gasteiger partial charge in [0.2, 0.25) is 5.91 Å². The predicted octanol–water partition coefficient (Wildman–Crippen LogP) is 0.686. The van der Waals surface area contributed by atoms with E-state index < -0.39 is 0 Å². The standard InChI is InChI=1S/C14H26N2O3/c1-11(12-4-3-9-19-12)16-13(17)14(10-18-2)5-7-15-8-6-14/h11-12,15H,3-10H2,1-2H3,(H,16,17). The fourth-order valence-corrected chi connectivity index (χ4v) is 3.07. The molecule has 2 atom stereocenters. The molecule has 2 saturated heterocycles. The summed E-state index contributed by atoms with van der Waals surface area (Å²) in [5.74, 6) is 0.124. The van der Waals surface area contributed by atoms with Gasteiger partial charge in [-0.3, -0.25) is 4.79 Å². The molecule has 2 N–H and O–H groups in total. The van der Waals surface area contributed by atoms with E-state index in [1.807, 2.05) is 6.92 Å². The zero-order valence-corrected chi connectivity index (χ0v) is 12.0. The van der Waals surface area contributed by atoms with Gasteiger partial charge in [-0.1, -0.05) is 0 Å². The van der Waals surface area contributed by atoms with Crippen LogP contribution < -0.4 is 10.6 Å². The topological polar surface area (TPSA) is 59.6 Å². The van der Waals surface area contributed by atoms with Gasteiger partial charge in [-0.25, -0.2) is 0 Å². The number of amides is 1. The smallest absolute Gasteiger partial charge is 0.228 e. The highest BCUT2D eigenvalue weighted by molar-refractivity contribution is 5.83. The highest BCUT2D eigenvalue weighted by atomic mass is 16.5. The van der Waals surface area contributed by atoms with Gasteiger partial charge in [0.1, 0.15) is 0 Å². The maximum atomic E-state index is 12.6. The van der Waals surface area contributed by atoms with Gasteiger partial charge in [-0.2, -0.15) is 0 Å². The summed E-state index contributed by atoms with van der Waals surface area (Å²) < 4.78 is 10.9. The zero-order chi connectivity index (χ0) is 13.7. The van der Waals surface area contributed by atoms with Gasteiger partial charge in [0, 0.05) is 13.7 Å². The summed E-state index contributed by atoms with van der Waals surface area (Å²) in [6.07, 6.45) is 3.99. The molecule has 0 aromatic rings. The van der Waals surface area contributed by atoms with Crippen LogP contribution in [0.15, 0.2) is 0 Å². The minimum absolute atomic E-state index is 0.0821. The Morgan fingerprint density at radius 1 is 1.53 bits per heavy atom. The Hall–Kier alpha value is -0.650. The summed E-state index contributed by atoms with van der Waals surface area (Å²) in [5, 5.41) is 6.45. The van der Waals surface area contributed by atoms with Crippen molar-refractivity contribution in [1.29, 1.82) is 0 Å². The molecule has 0 aromatic heterocycles. The Bertz CT molecular complexity index is 292. The van der Waals surface area contributed by atoms with Gasteiger partial charge >= 0.3 is 0 Å². The molecule has 5 heteroatoms. The number of carbonyl (C=O) groups is 1. The monoisotopic (exact) mass is 270 g/mol. The lowest BCUT2D eigenvalue weighted by Gasteiger charge is -2.37. The first-order valence-corrected chi connectivity index (χ1v) is 7.30. The summed E-state index contributed by atoms with van der Waals surface area (Å²) in [6, 6.07) is 0.0821. The predicted molar refractivity (Wildman–Crippen MR) is 73.0 cm³/mol. The average Bonchev–Trinajstić information content (AvgIpc) is 2.94. The molecule has 0 spiro atoms. The van der Waals surface area contributed by atoms with Crippen LogP contribution in [0.1, 0.15) is 32.6 Å². The minimum Gasteiger partial charge on any atom is -0.384 e. The summed E-state index contributed by atoms with van der Waals surface area (Å²) in [5.41, 5.74) is -0.368. The van der Waals surface area contributed by atoms with Gasteiger partial charge in [0.15, 0.2) is 0 Å². The third kappa shape index (κ3) is 3.46. The molecule has 0 radical (unpaired) electrons. The molecule has 2 aliphatic rings. The summed E-state index contributed by atoms with van der Waals surface area (Å²) >= 11 is 0. The molecule has 0 aromatic carbocycles. The third-order valence-electron chi connectivity index (χ3n) is 4.34. The van der Waals surface area contributed by atoms with Crippen LogP contribution in [0, 0.1) is 5.41 Å². The van der Waals surface area contributed by atoms with Crippen LogP contribution in [0.2, 0.25) is 0 Å². The second-order valence-corrected chi connectivity index (χ2v) is 5.78. The van der Waals surface area contributed by atoms with Crippen LogP contribution in [0.25, 0.3) is 0 Å². The zero-order valence-electron chi connectivity index (χ0n) is 12.0. The summed E-state index contributed by atoms with van der Waals surface area (Å²) in [6.45, 7) is 5.11. The van der Waals surface area contributed by atoms with E-state index in [1.165, 1.54) is 0 Å². The molecule has 110 valence electrons. The van der Waals surface area contributed by atoms with Crippen LogP contribution in [-0.4, -0.2) is 51.5 Å². The van der Waals surface area contributed by atoms with Gasteiger partial charge in [0.05, 0.1) is 24.2 Å². The lowest BCUT2D eigenvalue weighted by atomic mass is 9.78. The maximum absolute atomic E-state index is 12.6. The molecule has 0 aliphatic carbocycles. The Morgan fingerprint density at radius 3 is 2.84 bits per heavy atom. The van der Waals surface area contributed by atoms with Gasteiger partial charge in [0.25, 0.3) is 0 Å². The summed E-state index contributed by atoms with van der Waals surface area (Å²) in [4.78, 5) is 12.6. The highest BCUT2D eigenvalue weighted by Crippen LogP contribution is 2.30. The number of rotatable bonds is 5. The van der Waals surface area contributed by atoms with Crippen molar-refractivity contribution in [3.8, 4) is 0 Å². The number of hydrogen-bond donors (Lipinski definition) is 2. The number of carbonyl (C=O) groups excluding carboxylic acids is 1. The van der Waals surface area contributed by atoms with E-state index in [4.69, 9.17) is 9.47 Å². The van der Waals surface area contributed by atoms with Crippen molar-refractivity contribution in [3.63, 3.8) is 0 Å². The Labute approximate surface area is 115 Å². The normalized spacial score (nSPS) is 28.0. The number of piperidine rings is 1. The molecule has 2 heterocycles. The van der Waals surface area contributed by atoms with Gasteiger partial charge in [-0.05, 0) is 45.7 Å². The number of methoxy groups -OCH3 is 1. The fraction of sp³-hybridized carbons (Fsp3) is 0.929. The van der Waals surface area contributed by atoms with Crippen molar-refractivity contribution in [2.75, 3.05) is 33.4 Å². The van der Waals surface area contributed by atoms with Crippen molar-refractivity contribution in [2.45, 2.75) is 44.8 Å². The van der Waals surface area contributed by atoms with Crippen LogP contribution in [0.5, 0.6) is 0 Å². The van der Waals surface area contributed by atoms with Crippen molar-refractivity contribution >= 4 is 5.91 Å². The minimum atomic E-state index is -0.368. The van der Waals surface area contributed by atoms with E-state index in [2.05, 4.69) is 10.6 Å². The molecular weight excluding hydrogens is 244 g/mol. The first-order chi connectivity index (χ1) is 9.18. The van der Waals surface area contributed by atoms with Crippen molar-refractivity contribution in [1.82, 2.24) is 10.6 Å². The molecule has 5 nitrogen and oxygen atoms in total. The maximum Gasteiger partial charge on any atom is 0.228 e. The Morgan fingerprint density at radius 2 is 2.26 bits per heavy atom. The van der Waals surface area contributed by atoms with Crippen LogP contribution in [-0.2, 0) is 14.3 Å². The van der Waals surface area contributed by atoms with E-state index in [0.29, 0.717) is 6.61 Å². The molecule has 2 aliphatic heterocycles. The molecule has 19 heavy (non-hydrogen) atoms. The van der Waals surface area contributed by atoms with E-state index in [0.717, 1.165) is 45.4 Å². The molecule has 0 saturated carbocycles. The quantitative estimate of drug-likeness (QED) is 0.771. The van der Waals surface area contributed by atoms with Crippen LogP contribution >= 0.6 is 0 Å². The van der Waals surface area contributed by atoms with E-state index in [1.54, 1.807) is 7.11 Å². The van der Waals surface area contributed by atoms with Crippen LogP contribution in [0.3, 0.4) is 0 Å². The fourth-order valence-electron chi connectivity index (χ4n) is 3.07. The molecule has 1 amide bonds. The lowest BCUT2D eigenvalue weighted by Crippen LogP contribution is -2.53. The second-order valence-electron chi connectivity index (χ2n) is 5.78. The molecular formula is C14H26N2O3. The Balaban J connectivity index is 1.94. The number of nitrogens with one attached hydrogen (secondary N) is 2. The van der Waals surface area contributed by atoms with Crippen LogP contribution in [0.4, 0.5) is 0 Å². The third-order valence-corrected chi connectivity index (χ3v) is 4.34. The first kappa shape index (κ1) is 14.8. The van der Waals surface area contributed by atoms with Crippen molar-refractivity contribution in [2.24, 2.45) is 5.41 Å². The summed E-state index contributed by atoms with van der Waals surface area (Å²) in [7, 11) is 1.67. The SMILES string of the molecule is COCC1(C(=O)NC(C)C2CCCO2)CCNCC1. The van der Waals surface area contributed by atoms with Crippen molar-refractivity contribution in [3.05, 3.63) is 0 Å². The molecule has 2 unspecified atom stereocenters. The van der Waals surface area contributed by atoms with E-state index in [9.17, 15) is 4.79 Å². The first-order valence-electron chi connectivity index (χ1n) is 7.30. The average molecular weight is 270 g/mol. The number of ether oxygens (including phenoxy) is 2. The lowest BCUT2D eigenvalue weighted by molar-refractivity contribution is -0.137. The largest absolute Gasteiger partial charge is 0.384 e. The van der Waals surface area contributed by atoms with Gasteiger partial charge in [-0.15, -0.1) is 0 Å². The molecule has 2 rings (SSSR count).